The molecule has 0 saturated heterocycles. The first-order chi connectivity index (χ1) is 9.28. The number of nitrogens with zero attached hydrogens (tertiary/aromatic N) is 1. The average molecular weight is 412 g/mol. The molecule has 0 saturated carbocycles. The van der Waals surface area contributed by atoms with E-state index in [4.69, 9.17) is 0 Å². The molecule has 0 aliphatic carbocycles. The Morgan fingerprint density at radius 1 is 1.24 bits per heavy atom. The van der Waals surface area contributed by atoms with Crippen molar-refractivity contribution in [2.24, 2.45) is 10.4 Å². The van der Waals surface area contributed by atoms with Crippen molar-refractivity contribution in [2.75, 3.05) is 20.1 Å². The minimum absolute atomic E-state index is 0. The highest BCUT2D eigenvalue weighted by Crippen LogP contribution is 2.21. The van der Waals surface area contributed by atoms with E-state index >= 15 is 0 Å². The van der Waals surface area contributed by atoms with E-state index < -0.39 is 0 Å². The predicted octanol–water partition coefficient (Wildman–Crippen LogP) is 2.51. The van der Waals surface area contributed by atoms with E-state index in [1.807, 2.05) is 6.92 Å². The summed E-state index contributed by atoms with van der Waals surface area (Å²) < 4.78 is 0. The number of guanidine groups is 1. The lowest BCUT2D eigenvalue weighted by Gasteiger charge is -2.23. The number of carbonyl (C=O) groups is 1. The summed E-state index contributed by atoms with van der Waals surface area (Å²) in [6, 6.07) is 0.333. The van der Waals surface area contributed by atoms with Gasteiger partial charge < -0.3 is 16.0 Å². The number of amides is 1. The molecule has 1 unspecified atom stereocenters. The van der Waals surface area contributed by atoms with E-state index in [0.29, 0.717) is 24.0 Å². The lowest BCUT2D eigenvalue weighted by atomic mass is 9.89. The number of carbonyl (C=O) groups excluding carboxylic acids is 1. The van der Waals surface area contributed by atoms with Crippen molar-refractivity contribution in [2.45, 2.75) is 59.9 Å². The molecule has 0 aliphatic rings. The standard InChI is InChI=1S/C15H32N4O.HI/c1-7-10-17-13(20)11-18-14(16-6)19-12(2)8-9-15(3,4)5;/h12H,7-11H2,1-6H3,(H,17,20)(H2,16,18,19);1H. The molecule has 0 bridgehead atoms. The summed E-state index contributed by atoms with van der Waals surface area (Å²) in [4.78, 5) is 15.6. The maximum atomic E-state index is 11.5. The van der Waals surface area contributed by atoms with Gasteiger partial charge >= 0.3 is 0 Å². The van der Waals surface area contributed by atoms with Crippen molar-refractivity contribution in [3.63, 3.8) is 0 Å². The van der Waals surface area contributed by atoms with Crippen LogP contribution in [0.25, 0.3) is 0 Å². The van der Waals surface area contributed by atoms with E-state index in [2.05, 4.69) is 48.6 Å². The largest absolute Gasteiger partial charge is 0.355 e. The molecule has 1 atom stereocenters. The second-order valence-corrected chi connectivity index (χ2v) is 6.42. The molecule has 0 spiro atoms. The van der Waals surface area contributed by atoms with E-state index in [-0.39, 0.29) is 36.4 Å². The number of rotatable bonds is 7. The summed E-state index contributed by atoms with van der Waals surface area (Å²) >= 11 is 0. The maximum absolute atomic E-state index is 11.5. The molecule has 3 N–H and O–H groups in total. The highest BCUT2D eigenvalue weighted by molar-refractivity contribution is 14.0. The molecule has 5 nitrogen and oxygen atoms in total. The van der Waals surface area contributed by atoms with Crippen molar-refractivity contribution in [1.82, 2.24) is 16.0 Å². The van der Waals surface area contributed by atoms with Crippen molar-refractivity contribution >= 4 is 35.8 Å². The van der Waals surface area contributed by atoms with Crippen LogP contribution in [0.5, 0.6) is 0 Å². The second-order valence-electron chi connectivity index (χ2n) is 6.42. The van der Waals surface area contributed by atoms with Gasteiger partial charge in [0.2, 0.25) is 5.91 Å². The van der Waals surface area contributed by atoms with Crippen LogP contribution >= 0.6 is 24.0 Å². The summed E-state index contributed by atoms with van der Waals surface area (Å²) in [7, 11) is 1.72. The van der Waals surface area contributed by atoms with Crippen LogP contribution in [0.15, 0.2) is 4.99 Å². The van der Waals surface area contributed by atoms with Crippen molar-refractivity contribution in [3.05, 3.63) is 0 Å². The molecular weight excluding hydrogens is 379 g/mol. The molecule has 0 aromatic rings. The molecule has 126 valence electrons. The van der Waals surface area contributed by atoms with E-state index in [0.717, 1.165) is 19.3 Å². The SMILES string of the molecule is CCCNC(=O)CNC(=NC)NC(C)CCC(C)(C)C.I. The molecular formula is C15H33IN4O. The highest BCUT2D eigenvalue weighted by Gasteiger charge is 2.13. The van der Waals surface area contributed by atoms with E-state index in [1.54, 1.807) is 7.05 Å². The van der Waals surface area contributed by atoms with Crippen LogP contribution in [-0.2, 0) is 4.79 Å². The molecule has 0 fully saturated rings. The van der Waals surface area contributed by atoms with Crippen LogP contribution in [0, 0.1) is 5.41 Å². The maximum Gasteiger partial charge on any atom is 0.239 e. The van der Waals surface area contributed by atoms with Gasteiger partial charge in [-0.15, -0.1) is 24.0 Å². The summed E-state index contributed by atoms with van der Waals surface area (Å²) in [5.74, 6) is 0.676. The minimum atomic E-state index is -0.00264. The minimum Gasteiger partial charge on any atom is -0.355 e. The van der Waals surface area contributed by atoms with Crippen LogP contribution in [0.4, 0.5) is 0 Å². The Bertz CT molecular complexity index is 313. The van der Waals surface area contributed by atoms with Gasteiger partial charge in [-0.2, -0.15) is 0 Å². The fourth-order valence-corrected chi connectivity index (χ4v) is 1.64. The average Bonchev–Trinajstić information content (AvgIpc) is 2.37. The normalized spacial score (nSPS) is 13.1. The van der Waals surface area contributed by atoms with Gasteiger partial charge in [0.1, 0.15) is 0 Å². The Hall–Kier alpha value is -0.530. The van der Waals surface area contributed by atoms with E-state index in [9.17, 15) is 4.79 Å². The zero-order valence-corrected chi connectivity index (χ0v) is 16.7. The number of nitrogens with one attached hydrogen (secondary N) is 3. The Labute approximate surface area is 147 Å². The van der Waals surface area contributed by atoms with Crippen LogP contribution in [0.1, 0.15) is 53.9 Å². The molecule has 0 aromatic carbocycles. The quantitative estimate of drug-likeness (QED) is 0.342. The lowest BCUT2D eigenvalue weighted by Crippen LogP contribution is -2.46. The first kappa shape index (κ1) is 22.7. The Morgan fingerprint density at radius 2 is 1.86 bits per heavy atom. The molecule has 0 aromatic heterocycles. The molecule has 21 heavy (non-hydrogen) atoms. The summed E-state index contributed by atoms with van der Waals surface area (Å²) in [6.07, 6.45) is 3.17. The second kappa shape index (κ2) is 12.1. The highest BCUT2D eigenvalue weighted by atomic mass is 127. The molecule has 1 amide bonds. The zero-order valence-electron chi connectivity index (χ0n) is 14.4. The van der Waals surface area contributed by atoms with Crippen LogP contribution in [0.2, 0.25) is 0 Å². The first-order valence-corrected chi connectivity index (χ1v) is 7.52. The van der Waals surface area contributed by atoms with Gasteiger partial charge in [-0.25, -0.2) is 0 Å². The number of halogens is 1. The molecule has 0 aliphatic heterocycles. The van der Waals surface area contributed by atoms with Gasteiger partial charge in [0.25, 0.3) is 0 Å². The third-order valence-electron chi connectivity index (χ3n) is 2.92. The Kier molecular flexibility index (Phi) is 13.1. The molecule has 0 radical (unpaired) electrons. The van der Waals surface area contributed by atoms with Gasteiger partial charge in [0.15, 0.2) is 5.96 Å². The van der Waals surface area contributed by atoms with Gasteiger partial charge in [-0.1, -0.05) is 27.7 Å². The van der Waals surface area contributed by atoms with E-state index in [1.165, 1.54) is 0 Å². The summed E-state index contributed by atoms with van der Waals surface area (Å²) in [6.45, 7) is 11.9. The number of aliphatic imine (C=N–C) groups is 1. The topological polar surface area (TPSA) is 65.5 Å². The van der Waals surface area contributed by atoms with Crippen LogP contribution < -0.4 is 16.0 Å². The van der Waals surface area contributed by atoms with Crippen LogP contribution in [0.3, 0.4) is 0 Å². The fourth-order valence-electron chi connectivity index (χ4n) is 1.64. The Balaban J connectivity index is 0. The van der Waals surface area contributed by atoms with Gasteiger partial charge in [-0.05, 0) is 31.6 Å². The predicted molar refractivity (Wildman–Crippen MR) is 101 cm³/mol. The molecule has 0 rings (SSSR count). The van der Waals surface area contributed by atoms with Gasteiger partial charge in [-0.3, -0.25) is 9.79 Å². The van der Waals surface area contributed by atoms with Crippen LogP contribution in [-0.4, -0.2) is 38.0 Å². The third kappa shape index (κ3) is 14.2. The third-order valence-corrected chi connectivity index (χ3v) is 2.92. The van der Waals surface area contributed by atoms with Crippen molar-refractivity contribution in [1.29, 1.82) is 0 Å². The number of hydrogen-bond acceptors (Lipinski definition) is 2. The summed E-state index contributed by atoms with van der Waals surface area (Å²) in [5, 5.41) is 9.17. The molecule has 0 heterocycles. The summed E-state index contributed by atoms with van der Waals surface area (Å²) in [5.41, 5.74) is 0.340. The number of hydrogen-bond donors (Lipinski definition) is 3. The zero-order chi connectivity index (χ0) is 15.6. The van der Waals surface area contributed by atoms with Crippen molar-refractivity contribution < 1.29 is 4.79 Å². The monoisotopic (exact) mass is 412 g/mol. The fraction of sp³-hybridized carbons (Fsp3) is 0.867. The van der Waals surface area contributed by atoms with Gasteiger partial charge in [0.05, 0.1) is 6.54 Å². The lowest BCUT2D eigenvalue weighted by molar-refractivity contribution is -0.120. The van der Waals surface area contributed by atoms with Crippen molar-refractivity contribution in [3.8, 4) is 0 Å². The Morgan fingerprint density at radius 3 is 2.33 bits per heavy atom. The smallest absolute Gasteiger partial charge is 0.239 e. The van der Waals surface area contributed by atoms with Gasteiger partial charge in [0, 0.05) is 19.6 Å². The molecule has 6 heteroatoms. The first-order valence-electron chi connectivity index (χ1n) is 7.52.